The highest BCUT2D eigenvalue weighted by Gasteiger charge is 2.42. The molecule has 0 fully saturated rings. The van der Waals surface area contributed by atoms with E-state index in [0.717, 1.165) is 24.6 Å². The van der Waals surface area contributed by atoms with Crippen molar-refractivity contribution in [3.05, 3.63) is 11.6 Å². The molecule has 19 heavy (non-hydrogen) atoms. The third-order valence-electron chi connectivity index (χ3n) is 4.16. The van der Waals surface area contributed by atoms with Crippen LogP contribution in [-0.4, -0.2) is 19.2 Å². The molecule has 0 spiro atoms. The van der Waals surface area contributed by atoms with Crippen molar-refractivity contribution in [2.45, 2.75) is 84.5 Å². The van der Waals surface area contributed by atoms with Crippen LogP contribution in [0.4, 0.5) is 0 Å². The van der Waals surface area contributed by atoms with E-state index in [9.17, 15) is 0 Å². The Morgan fingerprint density at radius 3 is 2.00 bits per heavy atom. The van der Waals surface area contributed by atoms with E-state index in [0.29, 0.717) is 0 Å². The monoisotopic (exact) mass is 348 g/mol. The molecule has 3 heteroatoms. The van der Waals surface area contributed by atoms with Gasteiger partial charge in [0.1, 0.15) is 0 Å². The van der Waals surface area contributed by atoms with E-state index >= 15 is 0 Å². The molecule has 0 radical (unpaired) electrons. The van der Waals surface area contributed by atoms with Crippen LogP contribution in [0.3, 0.4) is 0 Å². The predicted octanol–water partition coefficient (Wildman–Crippen LogP) is 6.30. The number of hydrogen-bond acceptors (Lipinski definition) is 1. The summed E-state index contributed by atoms with van der Waals surface area (Å²) in [5.41, 5.74) is 1.40. The topological polar surface area (TPSA) is 9.23 Å². The van der Waals surface area contributed by atoms with Gasteiger partial charge in [-0.2, -0.15) is 0 Å². The minimum atomic E-state index is -1.70. The van der Waals surface area contributed by atoms with E-state index in [2.05, 4.69) is 76.6 Å². The Bertz CT molecular complexity index is 300. The molecule has 0 saturated heterocycles. The minimum Gasteiger partial charge on any atom is -0.412 e. The van der Waals surface area contributed by atoms with Gasteiger partial charge in [-0.1, -0.05) is 48.4 Å². The minimum absolute atomic E-state index is 0.00154. The maximum absolute atomic E-state index is 6.69. The van der Waals surface area contributed by atoms with Crippen molar-refractivity contribution in [2.24, 2.45) is 0 Å². The summed E-state index contributed by atoms with van der Waals surface area (Å²) in [6.45, 7) is 18.2. The lowest BCUT2D eigenvalue weighted by Crippen LogP contribution is -2.48. The molecule has 0 aliphatic heterocycles. The fourth-order valence-corrected chi connectivity index (χ4v) is 4.44. The van der Waals surface area contributed by atoms with E-state index < -0.39 is 8.32 Å². The number of hydrogen-bond donors (Lipinski definition) is 0. The molecule has 0 aromatic rings. The van der Waals surface area contributed by atoms with Crippen molar-refractivity contribution in [3.8, 4) is 0 Å². The summed E-state index contributed by atoms with van der Waals surface area (Å²) < 4.78 is 6.69. The zero-order valence-electron chi connectivity index (χ0n) is 14.2. The van der Waals surface area contributed by atoms with Gasteiger partial charge in [0.05, 0.1) is 5.60 Å². The second-order valence-corrected chi connectivity index (χ2v) is 13.1. The molecule has 0 aliphatic rings. The lowest BCUT2D eigenvalue weighted by Gasteiger charge is -2.44. The van der Waals surface area contributed by atoms with Crippen molar-refractivity contribution in [2.75, 3.05) is 5.33 Å². The molecule has 114 valence electrons. The molecular formula is C16H33BrOSi. The van der Waals surface area contributed by atoms with Crippen LogP contribution in [0, 0.1) is 0 Å². The lowest BCUT2D eigenvalue weighted by molar-refractivity contribution is 0.0614. The Kier molecular flexibility index (Phi) is 7.57. The Labute approximate surface area is 130 Å². The van der Waals surface area contributed by atoms with Crippen molar-refractivity contribution in [1.29, 1.82) is 0 Å². The standard InChI is InChI=1S/C16H33BrOSi/c1-14(2)10-9-11-16(6,12-13-17)18-19(7,8)15(3,4)5/h10H,9,11-13H2,1-8H3/t16-/m1/s1. The highest BCUT2D eigenvalue weighted by Crippen LogP contribution is 2.41. The van der Waals surface area contributed by atoms with Crippen molar-refractivity contribution >= 4 is 24.2 Å². The normalized spacial score (nSPS) is 16.1. The first-order valence-electron chi connectivity index (χ1n) is 7.33. The average molecular weight is 349 g/mol. The van der Waals surface area contributed by atoms with Gasteiger partial charge in [-0.3, -0.25) is 0 Å². The molecule has 0 aliphatic carbocycles. The van der Waals surface area contributed by atoms with Crippen LogP contribution >= 0.6 is 15.9 Å². The zero-order valence-corrected chi connectivity index (χ0v) is 16.8. The molecule has 0 saturated carbocycles. The van der Waals surface area contributed by atoms with Crippen molar-refractivity contribution in [1.82, 2.24) is 0 Å². The molecule has 0 N–H and O–H groups in total. The van der Waals surface area contributed by atoms with Crippen LogP contribution < -0.4 is 0 Å². The molecule has 0 aromatic carbocycles. The van der Waals surface area contributed by atoms with Gasteiger partial charge in [0.2, 0.25) is 0 Å². The Balaban J connectivity index is 4.84. The van der Waals surface area contributed by atoms with Gasteiger partial charge in [0.15, 0.2) is 8.32 Å². The van der Waals surface area contributed by atoms with E-state index in [-0.39, 0.29) is 10.6 Å². The lowest BCUT2D eigenvalue weighted by atomic mass is 9.97. The van der Waals surface area contributed by atoms with E-state index in [1.165, 1.54) is 5.57 Å². The molecule has 1 nitrogen and oxygen atoms in total. The van der Waals surface area contributed by atoms with Gasteiger partial charge in [0.25, 0.3) is 0 Å². The van der Waals surface area contributed by atoms with Crippen LogP contribution in [0.2, 0.25) is 18.1 Å². The van der Waals surface area contributed by atoms with Crippen molar-refractivity contribution in [3.63, 3.8) is 0 Å². The van der Waals surface area contributed by atoms with Gasteiger partial charge in [-0.25, -0.2) is 0 Å². The van der Waals surface area contributed by atoms with Crippen LogP contribution in [0.5, 0.6) is 0 Å². The molecule has 0 aromatic heterocycles. The van der Waals surface area contributed by atoms with Gasteiger partial charge < -0.3 is 4.43 Å². The van der Waals surface area contributed by atoms with Gasteiger partial charge >= 0.3 is 0 Å². The fraction of sp³-hybridized carbons (Fsp3) is 0.875. The third-order valence-corrected chi connectivity index (χ3v) is 9.17. The van der Waals surface area contributed by atoms with Crippen LogP contribution in [0.1, 0.15) is 60.8 Å². The van der Waals surface area contributed by atoms with Crippen LogP contribution in [0.15, 0.2) is 11.6 Å². The maximum atomic E-state index is 6.69. The Morgan fingerprint density at radius 2 is 1.63 bits per heavy atom. The summed E-state index contributed by atoms with van der Waals surface area (Å²) in [4.78, 5) is 0. The summed E-state index contributed by atoms with van der Waals surface area (Å²) in [6.07, 6.45) is 5.62. The smallest absolute Gasteiger partial charge is 0.192 e. The Hall–Kier alpha value is 0.397. The van der Waals surface area contributed by atoms with Gasteiger partial charge in [0, 0.05) is 5.33 Å². The number of alkyl halides is 1. The highest BCUT2D eigenvalue weighted by atomic mass is 79.9. The second-order valence-electron chi connectivity index (χ2n) is 7.57. The van der Waals surface area contributed by atoms with Crippen molar-refractivity contribution < 1.29 is 4.43 Å². The predicted molar refractivity (Wildman–Crippen MR) is 93.8 cm³/mol. The van der Waals surface area contributed by atoms with E-state index in [4.69, 9.17) is 4.43 Å². The summed E-state index contributed by atoms with van der Waals surface area (Å²) in [5, 5.41) is 1.28. The largest absolute Gasteiger partial charge is 0.412 e. The molecule has 0 unspecified atom stereocenters. The van der Waals surface area contributed by atoms with E-state index in [1.54, 1.807) is 0 Å². The molecule has 0 bridgehead atoms. The molecular weight excluding hydrogens is 316 g/mol. The zero-order chi connectivity index (χ0) is 15.3. The summed E-state index contributed by atoms with van der Waals surface area (Å²) in [5.74, 6) is 0. The highest BCUT2D eigenvalue weighted by molar-refractivity contribution is 9.09. The summed E-state index contributed by atoms with van der Waals surface area (Å²) in [6, 6.07) is 0. The first-order chi connectivity index (χ1) is 8.43. The molecule has 1 atom stereocenters. The quantitative estimate of drug-likeness (QED) is 0.298. The average Bonchev–Trinajstić information content (AvgIpc) is 2.13. The van der Waals surface area contributed by atoms with Crippen LogP contribution in [0.25, 0.3) is 0 Å². The van der Waals surface area contributed by atoms with E-state index in [1.807, 2.05) is 0 Å². The Morgan fingerprint density at radius 1 is 1.11 bits per heavy atom. The number of halogens is 1. The maximum Gasteiger partial charge on any atom is 0.192 e. The number of allylic oxidation sites excluding steroid dienone is 2. The molecule has 0 amide bonds. The van der Waals surface area contributed by atoms with Gasteiger partial charge in [-0.15, -0.1) is 0 Å². The molecule has 0 rings (SSSR count). The SMILES string of the molecule is CC(C)=CCC[C@](C)(CCBr)O[Si](C)(C)C(C)(C)C. The fourth-order valence-electron chi connectivity index (χ4n) is 1.86. The molecule has 0 heterocycles. The first kappa shape index (κ1) is 19.4. The third kappa shape index (κ3) is 7.10. The van der Waals surface area contributed by atoms with Crippen LogP contribution in [-0.2, 0) is 4.43 Å². The van der Waals surface area contributed by atoms with Gasteiger partial charge in [-0.05, 0) is 58.2 Å². The first-order valence-corrected chi connectivity index (χ1v) is 11.4. The number of rotatable bonds is 7. The summed E-state index contributed by atoms with van der Waals surface area (Å²) >= 11 is 3.58. The second kappa shape index (κ2) is 7.42. The summed E-state index contributed by atoms with van der Waals surface area (Å²) in [7, 11) is -1.70.